The minimum Gasteiger partial charge on any atom is -0.287 e. The largest absolute Gasteiger partial charge is 0.287 e. The lowest BCUT2D eigenvalue weighted by atomic mass is 9.93. The van der Waals surface area contributed by atoms with E-state index in [1.54, 1.807) is 0 Å². The van der Waals surface area contributed by atoms with Gasteiger partial charge in [-0.15, -0.1) is 5.10 Å². The van der Waals surface area contributed by atoms with Gasteiger partial charge in [0.1, 0.15) is 0 Å². The van der Waals surface area contributed by atoms with Crippen molar-refractivity contribution < 1.29 is 0 Å². The predicted octanol–water partition coefficient (Wildman–Crippen LogP) is 3.99. The highest BCUT2D eigenvalue weighted by Crippen LogP contribution is 2.34. The summed E-state index contributed by atoms with van der Waals surface area (Å²) in [5.74, 6) is 1.67. The molecular formula is C23H26BrN7. The zero-order valence-corrected chi connectivity index (χ0v) is 19.4. The lowest BCUT2D eigenvalue weighted by molar-refractivity contribution is 0.161. The standard InChI is InChI=1S/C23H26BrN7/c1-16(2)21-18(15-31(26-21)20-9-4-3-5-10-20)14-29-11-12-30-23(25-27-28-30)22(29)17-7-6-8-19(24)13-17/h3-10,13,16,18,22H,11-12,14-15H2,1-2H3. The monoisotopic (exact) mass is 479 g/mol. The molecule has 160 valence electrons. The molecule has 0 radical (unpaired) electrons. The van der Waals surface area contributed by atoms with Gasteiger partial charge in [0.15, 0.2) is 5.82 Å². The number of hydrazone groups is 1. The summed E-state index contributed by atoms with van der Waals surface area (Å²) >= 11 is 3.63. The minimum atomic E-state index is 0.0282. The quantitative estimate of drug-likeness (QED) is 0.553. The van der Waals surface area contributed by atoms with Crippen molar-refractivity contribution in [1.29, 1.82) is 0 Å². The first-order chi connectivity index (χ1) is 15.1. The van der Waals surface area contributed by atoms with E-state index in [0.29, 0.717) is 11.8 Å². The van der Waals surface area contributed by atoms with Crippen molar-refractivity contribution in [2.75, 3.05) is 24.6 Å². The fraction of sp³-hybridized carbons (Fsp3) is 0.391. The van der Waals surface area contributed by atoms with E-state index in [4.69, 9.17) is 5.10 Å². The van der Waals surface area contributed by atoms with Gasteiger partial charge in [0.2, 0.25) is 0 Å². The Balaban J connectivity index is 1.44. The molecule has 2 aliphatic rings. The average molecular weight is 480 g/mol. The van der Waals surface area contributed by atoms with Crippen molar-refractivity contribution in [3.8, 4) is 0 Å². The molecule has 8 heteroatoms. The van der Waals surface area contributed by atoms with E-state index in [-0.39, 0.29) is 6.04 Å². The second-order valence-electron chi connectivity index (χ2n) is 8.51. The van der Waals surface area contributed by atoms with Crippen LogP contribution in [-0.2, 0) is 6.54 Å². The Bertz CT molecular complexity index is 1080. The molecule has 5 rings (SSSR count). The maximum absolute atomic E-state index is 5.02. The van der Waals surface area contributed by atoms with Gasteiger partial charge in [-0.2, -0.15) is 5.10 Å². The summed E-state index contributed by atoms with van der Waals surface area (Å²) in [6.07, 6.45) is 0. The third-order valence-corrected chi connectivity index (χ3v) is 6.57. The van der Waals surface area contributed by atoms with E-state index < -0.39 is 0 Å². The Labute approximate surface area is 190 Å². The molecule has 0 N–H and O–H groups in total. The first-order valence-corrected chi connectivity index (χ1v) is 11.6. The van der Waals surface area contributed by atoms with Gasteiger partial charge in [-0.05, 0) is 46.2 Å². The summed E-state index contributed by atoms with van der Waals surface area (Å²) < 4.78 is 3.00. The van der Waals surface area contributed by atoms with Crippen LogP contribution in [0.15, 0.2) is 64.2 Å². The van der Waals surface area contributed by atoms with Gasteiger partial charge < -0.3 is 0 Å². The number of tetrazole rings is 1. The molecule has 0 spiro atoms. The van der Waals surface area contributed by atoms with Crippen molar-refractivity contribution in [2.45, 2.75) is 26.4 Å². The second-order valence-corrected chi connectivity index (χ2v) is 9.42. The molecular weight excluding hydrogens is 454 g/mol. The van der Waals surface area contributed by atoms with Crippen LogP contribution in [0.25, 0.3) is 0 Å². The summed E-state index contributed by atoms with van der Waals surface area (Å²) in [5, 5.41) is 19.7. The average Bonchev–Trinajstić information content (AvgIpc) is 3.41. The number of benzene rings is 2. The van der Waals surface area contributed by atoms with Crippen LogP contribution in [0.1, 0.15) is 31.3 Å². The summed E-state index contributed by atoms with van der Waals surface area (Å²) in [5.41, 5.74) is 3.61. The van der Waals surface area contributed by atoms with E-state index in [0.717, 1.165) is 42.2 Å². The summed E-state index contributed by atoms with van der Waals surface area (Å²) in [6, 6.07) is 18.9. The topological polar surface area (TPSA) is 62.4 Å². The van der Waals surface area contributed by atoms with E-state index >= 15 is 0 Å². The van der Waals surface area contributed by atoms with Crippen molar-refractivity contribution in [3.63, 3.8) is 0 Å². The van der Waals surface area contributed by atoms with Gasteiger partial charge >= 0.3 is 0 Å². The highest BCUT2D eigenvalue weighted by atomic mass is 79.9. The third kappa shape index (κ3) is 4.02. The van der Waals surface area contributed by atoms with E-state index in [9.17, 15) is 0 Å². The van der Waals surface area contributed by atoms with Crippen LogP contribution in [0, 0.1) is 11.8 Å². The van der Waals surface area contributed by atoms with Crippen LogP contribution >= 0.6 is 15.9 Å². The van der Waals surface area contributed by atoms with Gasteiger partial charge in [0.05, 0.1) is 24.8 Å². The molecule has 2 aliphatic heterocycles. The van der Waals surface area contributed by atoms with Crippen LogP contribution < -0.4 is 5.01 Å². The zero-order chi connectivity index (χ0) is 21.4. The molecule has 7 nitrogen and oxygen atoms in total. The SMILES string of the molecule is CC(C)C1=NN(c2ccccc2)CC1CN1CCn2nnnc2C1c1cccc(Br)c1. The fourth-order valence-corrected chi connectivity index (χ4v) is 5.08. The lowest BCUT2D eigenvalue weighted by Crippen LogP contribution is -2.44. The molecule has 2 aromatic carbocycles. The molecule has 0 fully saturated rings. The van der Waals surface area contributed by atoms with Crippen molar-refractivity contribution >= 4 is 27.3 Å². The summed E-state index contributed by atoms with van der Waals surface area (Å²) in [6.45, 7) is 8.00. The van der Waals surface area contributed by atoms with Gasteiger partial charge in [-0.3, -0.25) is 9.91 Å². The molecule has 1 aromatic heterocycles. The van der Waals surface area contributed by atoms with Crippen molar-refractivity contribution in [1.82, 2.24) is 25.1 Å². The number of rotatable bonds is 5. The maximum atomic E-state index is 5.02. The highest BCUT2D eigenvalue weighted by molar-refractivity contribution is 9.10. The third-order valence-electron chi connectivity index (χ3n) is 6.08. The van der Waals surface area contributed by atoms with Crippen LogP contribution in [-0.4, -0.2) is 50.5 Å². The van der Waals surface area contributed by atoms with E-state index in [2.05, 4.69) is 104 Å². The Morgan fingerprint density at radius 2 is 1.90 bits per heavy atom. The molecule has 31 heavy (non-hydrogen) atoms. The second kappa shape index (κ2) is 8.51. The van der Waals surface area contributed by atoms with Gasteiger partial charge in [0, 0.05) is 29.2 Å². The molecule has 3 aromatic rings. The summed E-state index contributed by atoms with van der Waals surface area (Å²) in [7, 11) is 0. The Kier molecular flexibility index (Phi) is 5.58. The number of aromatic nitrogens is 4. The number of anilines is 1. The predicted molar refractivity (Wildman–Crippen MR) is 125 cm³/mol. The molecule has 0 amide bonds. The van der Waals surface area contributed by atoms with E-state index in [1.165, 1.54) is 11.3 Å². The molecule has 3 heterocycles. The lowest BCUT2D eigenvalue weighted by Gasteiger charge is -2.36. The maximum Gasteiger partial charge on any atom is 0.173 e. The minimum absolute atomic E-state index is 0.0282. The zero-order valence-electron chi connectivity index (χ0n) is 17.8. The van der Waals surface area contributed by atoms with Crippen LogP contribution in [0.4, 0.5) is 5.69 Å². The first kappa shape index (κ1) is 20.3. The first-order valence-electron chi connectivity index (χ1n) is 10.8. The van der Waals surface area contributed by atoms with Crippen molar-refractivity contribution in [3.05, 3.63) is 70.5 Å². The molecule has 2 unspecified atom stereocenters. The highest BCUT2D eigenvalue weighted by Gasteiger charge is 2.37. The van der Waals surface area contributed by atoms with Crippen LogP contribution in [0.2, 0.25) is 0 Å². The normalized spacial score (nSPS) is 21.4. The van der Waals surface area contributed by atoms with Gasteiger partial charge in [-0.1, -0.05) is 60.1 Å². The van der Waals surface area contributed by atoms with Crippen LogP contribution in [0.3, 0.4) is 0 Å². The molecule has 0 bridgehead atoms. The number of hydrogen-bond acceptors (Lipinski definition) is 6. The number of nitrogens with zero attached hydrogens (tertiary/aromatic N) is 7. The van der Waals surface area contributed by atoms with Crippen LogP contribution in [0.5, 0.6) is 0 Å². The molecule has 0 aliphatic carbocycles. The number of fused-ring (bicyclic) bond motifs is 1. The number of halogens is 1. The summed E-state index contributed by atoms with van der Waals surface area (Å²) in [4.78, 5) is 2.52. The van der Waals surface area contributed by atoms with Gasteiger partial charge in [0.25, 0.3) is 0 Å². The smallest absolute Gasteiger partial charge is 0.173 e. The Morgan fingerprint density at radius 3 is 2.68 bits per heavy atom. The molecule has 0 saturated carbocycles. The van der Waals surface area contributed by atoms with E-state index in [1.807, 2.05) is 10.7 Å². The Morgan fingerprint density at radius 1 is 1.06 bits per heavy atom. The number of hydrogen-bond donors (Lipinski definition) is 0. The molecule has 2 atom stereocenters. The fourth-order valence-electron chi connectivity index (χ4n) is 4.66. The Hall–Kier alpha value is -2.58. The van der Waals surface area contributed by atoms with Crippen molar-refractivity contribution in [2.24, 2.45) is 16.9 Å². The van der Waals surface area contributed by atoms with Gasteiger partial charge in [-0.25, -0.2) is 4.68 Å². The molecule has 0 saturated heterocycles. The number of para-hydroxylation sites is 1.